The zero-order valence-corrected chi connectivity index (χ0v) is 43.4. The zero-order chi connectivity index (χ0) is 48.3. The number of rotatable bonds is 0. The third-order valence-corrected chi connectivity index (χ3v) is 6.33. The molecule has 0 saturated carbocycles. The molecule has 0 spiro atoms. The maximum Gasteiger partial charge on any atom is 0.0313 e. The second-order valence-corrected chi connectivity index (χ2v) is 16.9. The first kappa shape index (κ1) is 67.3. The van der Waals surface area contributed by atoms with Gasteiger partial charge in [0.2, 0.25) is 0 Å². The number of nitrogens with two attached hydrogens (primary N) is 3. The lowest BCUT2D eigenvalue weighted by molar-refractivity contribution is 0.403. The molecule has 0 unspecified atom stereocenters. The maximum absolute atomic E-state index is 5.36. The number of anilines is 3. The second-order valence-electron chi connectivity index (χ2n) is 16.9. The van der Waals surface area contributed by atoms with E-state index in [-0.39, 0.29) is 0 Å². The lowest BCUT2D eigenvalue weighted by Crippen LogP contribution is -2.17. The molecule has 0 radical (unpaired) electrons. The minimum Gasteiger partial charge on any atom is -0.399 e. The van der Waals surface area contributed by atoms with Crippen molar-refractivity contribution in [1.29, 1.82) is 0 Å². The van der Waals surface area contributed by atoms with Crippen molar-refractivity contribution in [3.63, 3.8) is 0 Å². The van der Waals surface area contributed by atoms with Gasteiger partial charge in [0.05, 0.1) is 0 Å². The first-order chi connectivity index (χ1) is 28.1. The highest BCUT2D eigenvalue weighted by Crippen LogP contribution is 2.48. The Hall–Kier alpha value is -4.50. The van der Waals surface area contributed by atoms with Crippen molar-refractivity contribution in [2.75, 3.05) is 17.2 Å². The van der Waals surface area contributed by atoms with E-state index in [4.69, 9.17) is 17.2 Å². The molecular formula is C57H99N3. The first-order valence-corrected chi connectivity index (χ1v) is 22.6. The largest absolute Gasteiger partial charge is 0.399 e. The second kappa shape index (κ2) is 42.6. The van der Waals surface area contributed by atoms with Gasteiger partial charge in [-0.2, -0.15) is 0 Å². The van der Waals surface area contributed by atoms with Gasteiger partial charge in [0, 0.05) is 17.1 Å². The lowest BCUT2D eigenvalue weighted by Gasteiger charge is -2.22. The summed E-state index contributed by atoms with van der Waals surface area (Å²) < 4.78 is 0. The summed E-state index contributed by atoms with van der Waals surface area (Å²) in [7, 11) is 0. The quantitative estimate of drug-likeness (QED) is 0.136. The van der Waals surface area contributed by atoms with Crippen molar-refractivity contribution in [2.24, 2.45) is 10.8 Å². The molecule has 6 rings (SSSR count). The van der Waals surface area contributed by atoms with Crippen LogP contribution in [0.1, 0.15) is 170 Å². The molecule has 3 heteroatoms. The molecule has 0 saturated heterocycles. The predicted molar refractivity (Wildman–Crippen MR) is 283 cm³/mol. The van der Waals surface area contributed by atoms with E-state index < -0.39 is 0 Å². The average Bonchev–Trinajstić information content (AvgIpc) is 3.42. The molecule has 5 aromatic carbocycles. The molecule has 0 fully saturated rings. The van der Waals surface area contributed by atoms with Crippen molar-refractivity contribution in [2.45, 2.75) is 170 Å². The number of nitrogen functional groups attached to an aromatic ring is 3. The van der Waals surface area contributed by atoms with Crippen LogP contribution in [0.3, 0.4) is 0 Å². The van der Waals surface area contributed by atoms with Gasteiger partial charge in [-0.05, 0) is 75.6 Å². The molecule has 1 aliphatic carbocycles. The standard InChI is InChI=1S/C13H18.3C6H7N.C6H6.2C5H12.5C2H6/c1-12(2)9-13(3,4)11-8-6-5-7-10(11)12;3*7-6-4-2-1-3-5-6;1-2-4-6-5-3-1;2*1-5(2,3)4;5*1-2/h5-8H,9H2,1-4H3;3*1-5H,7H2;1-6H;2*1-4H3;5*1-2H3. The Kier molecular flexibility index (Phi) is 47.8. The van der Waals surface area contributed by atoms with Crippen LogP contribution < -0.4 is 17.2 Å². The van der Waals surface area contributed by atoms with E-state index in [9.17, 15) is 0 Å². The fraction of sp³-hybridized carbons (Fsp3) is 0.474. The Labute approximate surface area is 376 Å². The van der Waals surface area contributed by atoms with E-state index in [1.165, 1.54) is 6.42 Å². The van der Waals surface area contributed by atoms with Gasteiger partial charge in [0.15, 0.2) is 0 Å². The Morgan fingerprint density at radius 3 is 0.567 bits per heavy atom. The van der Waals surface area contributed by atoms with E-state index in [1.54, 1.807) is 11.1 Å². The third kappa shape index (κ3) is 49.6. The van der Waals surface area contributed by atoms with Crippen LogP contribution in [0.5, 0.6) is 0 Å². The van der Waals surface area contributed by atoms with Crippen LogP contribution in [0.25, 0.3) is 0 Å². The van der Waals surface area contributed by atoms with Crippen molar-refractivity contribution in [3.05, 3.63) is 163 Å². The van der Waals surface area contributed by atoms with Gasteiger partial charge in [0.1, 0.15) is 0 Å². The molecule has 0 bridgehead atoms. The van der Waals surface area contributed by atoms with E-state index in [1.807, 2.05) is 197 Å². The Bertz CT molecular complexity index is 1330. The van der Waals surface area contributed by atoms with Gasteiger partial charge in [0.25, 0.3) is 0 Å². The summed E-state index contributed by atoms with van der Waals surface area (Å²) in [6.45, 7) is 46.9. The zero-order valence-electron chi connectivity index (χ0n) is 43.4. The lowest BCUT2D eigenvalue weighted by atomic mass is 9.82. The number of hydrogen-bond donors (Lipinski definition) is 3. The van der Waals surface area contributed by atoms with Crippen LogP contribution in [0.15, 0.2) is 152 Å². The molecule has 60 heavy (non-hydrogen) atoms. The van der Waals surface area contributed by atoms with Gasteiger partial charge in [-0.3, -0.25) is 0 Å². The average molecular weight is 826 g/mol. The molecule has 5 aromatic rings. The molecule has 0 atom stereocenters. The van der Waals surface area contributed by atoms with Crippen molar-refractivity contribution in [1.82, 2.24) is 0 Å². The summed E-state index contributed by atoms with van der Waals surface area (Å²) in [6, 6.07) is 49.3. The smallest absolute Gasteiger partial charge is 0.0313 e. The van der Waals surface area contributed by atoms with Gasteiger partial charge in [-0.25, -0.2) is 0 Å². The summed E-state index contributed by atoms with van der Waals surface area (Å²) in [5.41, 5.74) is 23.3. The molecule has 0 heterocycles. The molecule has 3 nitrogen and oxygen atoms in total. The highest BCUT2D eigenvalue weighted by molar-refractivity contribution is 5.44. The van der Waals surface area contributed by atoms with E-state index in [0.717, 1.165) is 17.1 Å². The molecule has 0 aromatic heterocycles. The molecule has 0 aliphatic heterocycles. The normalized spacial score (nSPS) is 11.2. The van der Waals surface area contributed by atoms with E-state index >= 15 is 0 Å². The molecule has 0 amide bonds. The highest BCUT2D eigenvalue weighted by atomic mass is 14.5. The monoisotopic (exact) mass is 826 g/mol. The number of hydrogen-bond acceptors (Lipinski definition) is 3. The summed E-state index contributed by atoms with van der Waals surface area (Å²) in [4.78, 5) is 0. The Morgan fingerprint density at radius 2 is 0.433 bits per heavy atom. The molecule has 1 aliphatic rings. The minimum absolute atomic E-state index is 0.361. The first-order valence-electron chi connectivity index (χ1n) is 22.6. The molecule has 342 valence electrons. The Morgan fingerprint density at radius 1 is 0.300 bits per heavy atom. The van der Waals surface area contributed by atoms with Gasteiger partial charge < -0.3 is 17.2 Å². The summed E-state index contributed by atoms with van der Waals surface area (Å²) in [5, 5.41) is 0. The summed E-state index contributed by atoms with van der Waals surface area (Å²) >= 11 is 0. The molecule has 6 N–H and O–H groups in total. The molecular weight excluding hydrogens is 727 g/mol. The number of para-hydroxylation sites is 3. The van der Waals surface area contributed by atoms with Crippen molar-refractivity contribution >= 4 is 17.1 Å². The fourth-order valence-electron chi connectivity index (χ4n) is 4.70. The van der Waals surface area contributed by atoms with Gasteiger partial charge in [-0.15, -0.1) is 0 Å². The Balaban J connectivity index is -0.000000140. The van der Waals surface area contributed by atoms with Crippen LogP contribution >= 0.6 is 0 Å². The number of benzene rings is 5. The summed E-state index contributed by atoms with van der Waals surface area (Å²) in [6.07, 6.45) is 1.26. The van der Waals surface area contributed by atoms with Crippen molar-refractivity contribution in [3.8, 4) is 0 Å². The van der Waals surface area contributed by atoms with Crippen LogP contribution in [-0.4, -0.2) is 0 Å². The summed E-state index contributed by atoms with van der Waals surface area (Å²) in [5.74, 6) is 0. The van der Waals surface area contributed by atoms with E-state index in [0.29, 0.717) is 21.7 Å². The maximum atomic E-state index is 5.36. The topological polar surface area (TPSA) is 78.1 Å². The third-order valence-electron chi connectivity index (χ3n) is 6.33. The predicted octanol–water partition coefficient (Wildman–Crippen LogP) is 18.4. The van der Waals surface area contributed by atoms with Crippen molar-refractivity contribution < 1.29 is 0 Å². The number of fused-ring (bicyclic) bond motifs is 1. The van der Waals surface area contributed by atoms with Crippen LogP contribution in [0.2, 0.25) is 0 Å². The van der Waals surface area contributed by atoms with Crippen LogP contribution in [0.4, 0.5) is 17.1 Å². The SMILES string of the molecule is CC.CC.CC.CC.CC.CC(C)(C)C.CC(C)(C)C.CC1(C)CC(C)(C)c2ccccc21.Nc1ccccc1.Nc1ccccc1.Nc1ccccc1.c1ccccc1. The van der Waals surface area contributed by atoms with Gasteiger partial charge >= 0.3 is 0 Å². The van der Waals surface area contributed by atoms with Crippen LogP contribution in [-0.2, 0) is 10.8 Å². The fourth-order valence-corrected chi connectivity index (χ4v) is 4.70. The van der Waals surface area contributed by atoms with E-state index in [2.05, 4.69) is 107 Å². The van der Waals surface area contributed by atoms with Gasteiger partial charge in [-0.1, -0.05) is 268 Å². The highest BCUT2D eigenvalue weighted by Gasteiger charge is 2.41. The minimum atomic E-state index is 0.361. The van der Waals surface area contributed by atoms with Crippen LogP contribution in [0, 0.1) is 10.8 Å².